The lowest BCUT2D eigenvalue weighted by Gasteiger charge is -2.50. The van der Waals surface area contributed by atoms with Gasteiger partial charge in [0.2, 0.25) is 0 Å². The van der Waals surface area contributed by atoms with E-state index in [1.165, 1.54) is 11.3 Å². The molecule has 34 rings (SSSR count). The van der Waals surface area contributed by atoms with Crippen LogP contribution in [0.1, 0.15) is 38.2 Å². The molecular formula is C68H7NO2. The van der Waals surface area contributed by atoms with E-state index in [2.05, 4.69) is 18.2 Å². The molecule has 0 saturated heterocycles. The highest BCUT2D eigenvalue weighted by Gasteiger charge is 2.73. The van der Waals surface area contributed by atoms with Crippen LogP contribution in [0.5, 0.6) is 0 Å². The van der Waals surface area contributed by atoms with Crippen molar-refractivity contribution in [3.05, 3.63) is 51.6 Å². The summed E-state index contributed by atoms with van der Waals surface area (Å²) in [6, 6.07) is 6.67. The van der Waals surface area contributed by atoms with Gasteiger partial charge in [-0.25, -0.2) is 4.79 Å². The molecule has 0 unspecified atom stereocenters. The largest absolute Gasteiger partial charge is 0.465 e. The highest BCUT2D eigenvalue weighted by atomic mass is 16.5. The van der Waals surface area contributed by atoms with Crippen LogP contribution in [0.2, 0.25) is 0 Å². The van der Waals surface area contributed by atoms with Crippen molar-refractivity contribution in [2.24, 2.45) is 0 Å². The van der Waals surface area contributed by atoms with Gasteiger partial charge in [-0.3, -0.25) is 0 Å². The molecule has 0 atom stereocenters. The van der Waals surface area contributed by atoms with Crippen molar-refractivity contribution >= 4 is 303 Å². The number of ether oxygens (including phenoxy) is 1. The van der Waals surface area contributed by atoms with E-state index < -0.39 is 11.0 Å². The first-order valence-electron chi connectivity index (χ1n) is 26.1. The Kier molecular flexibility index (Phi) is 2.14. The maximum Gasteiger partial charge on any atom is 0.337 e. The summed E-state index contributed by atoms with van der Waals surface area (Å²) in [5.74, 6) is -0.252. The summed E-state index contributed by atoms with van der Waals surface area (Å²) in [7, 11) is 1.56. The Hall–Kier alpha value is -9.05. The second-order valence-electron chi connectivity index (χ2n) is 25.6. The molecule has 296 valence electrons. The first-order chi connectivity index (χ1) is 35.3. The lowest BCUT2D eigenvalue weighted by Crippen LogP contribution is -2.53. The molecule has 0 aromatic heterocycles. The van der Waals surface area contributed by atoms with E-state index in [1.54, 1.807) is 320 Å². The van der Waals surface area contributed by atoms with Gasteiger partial charge in [0.15, 0.2) is 0 Å². The fourth-order valence-corrected chi connectivity index (χ4v) is 25.4. The second-order valence-corrected chi connectivity index (χ2v) is 25.6. The predicted octanol–water partition coefficient (Wildman–Crippen LogP) is 17.5. The summed E-state index contributed by atoms with van der Waals surface area (Å²) in [6.07, 6.45) is 0. The van der Waals surface area contributed by atoms with E-state index in [4.69, 9.17) is 10.1 Å². The summed E-state index contributed by atoms with van der Waals surface area (Å²) >= 11 is 0. The first kappa shape index (κ1) is 26.1. The van der Waals surface area contributed by atoms with E-state index in [-0.39, 0.29) is 5.97 Å². The molecule has 3 nitrogen and oxygen atoms in total. The van der Waals surface area contributed by atoms with Gasteiger partial charge in [-0.15, -0.1) is 0 Å². The molecule has 1 N–H and O–H groups in total. The van der Waals surface area contributed by atoms with Crippen molar-refractivity contribution in [2.75, 3.05) is 12.4 Å². The van der Waals surface area contributed by atoms with Gasteiger partial charge < -0.3 is 10.1 Å². The smallest absolute Gasteiger partial charge is 0.337 e. The maximum atomic E-state index is 14.1. The van der Waals surface area contributed by atoms with Gasteiger partial charge in [0, 0.05) is 16.8 Å². The number of rotatable bonds is 1. The number of methoxy groups -OCH3 is 1. The van der Waals surface area contributed by atoms with E-state index >= 15 is 0 Å². The zero-order valence-electron chi connectivity index (χ0n) is 36.0. The summed E-state index contributed by atoms with van der Waals surface area (Å²) in [4.78, 5) is 14.1. The zero-order valence-corrected chi connectivity index (χ0v) is 36.0. The topological polar surface area (TPSA) is 38.3 Å². The second kappa shape index (κ2) is 5.82. The van der Waals surface area contributed by atoms with Gasteiger partial charge in [0.1, 0.15) is 5.54 Å². The fraction of sp³-hybridized carbons (Fsp3) is 0.0441. The Morgan fingerprint density at radius 3 is 0.746 bits per heavy atom. The molecule has 5 aliphatic rings. The number of fused-ring (bicyclic) bond motifs is 1. The van der Waals surface area contributed by atoms with Crippen LogP contribution in [0, 0.1) is 0 Å². The Morgan fingerprint density at radius 1 is 0.310 bits per heavy atom. The third-order valence-corrected chi connectivity index (χ3v) is 25.5. The van der Waals surface area contributed by atoms with Gasteiger partial charge in [0.05, 0.1) is 18.1 Å². The van der Waals surface area contributed by atoms with E-state index in [0.29, 0.717) is 5.56 Å². The van der Waals surface area contributed by atoms with Crippen molar-refractivity contribution in [1.82, 2.24) is 0 Å². The average Bonchev–Trinajstić information content (AvgIpc) is 4.31. The molecule has 3 heteroatoms. The zero-order chi connectivity index (χ0) is 42.3. The lowest BCUT2D eigenvalue weighted by molar-refractivity contribution is 0.0600. The number of nitrogens with one attached hydrogen (secondary N) is 1. The van der Waals surface area contributed by atoms with Gasteiger partial charge in [-0.2, -0.15) is 0 Å². The summed E-state index contributed by atoms with van der Waals surface area (Å²) in [5.41, 5.74) is 8.19. The van der Waals surface area contributed by atoms with Crippen LogP contribution in [0.4, 0.5) is 5.69 Å². The number of carbonyl (C=O) groups excluding carboxylic acids is 1. The highest BCUT2D eigenvalue weighted by Crippen LogP contribution is 2.86. The molecular weight excluding hydrogens is 863 g/mol. The number of carbonyl (C=O) groups is 1. The van der Waals surface area contributed by atoms with Crippen LogP contribution >= 0.6 is 0 Å². The summed E-state index contributed by atoms with van der Waals surface area (Å²) in [5, 5.41) is 90.9. The van der Waals surface area contributed by atoms with Crippen LogP contribution in [-0.4, -0.2) is 13.1 Å². The predicted molar refractivity (Wildman–Crippen MR) is 294 cm³/mol. The van der Waals surface area contributed by atoms with Gasteiger partial charge in [-0.1, -0.05) is 0 Å². The first-order valence-corrected chi connectivity index (χ1v) is 26.1. The molecule has 4 aliphatic carbocycles. The quantitative estimate of drug-likeness (QED) is 0.132. The molecule has 0 amide bonds. The molecule has 29 aromatic carbocycles. The molecule has 71 heavy (non-hydrogen) atoms. The average molecular weight is 870 g/mol. The lowest BCUT2D eigenvalue weighted by atomic mass is 9.52. The molecule has 2 spiro atoms. The van der Waals surface area contributed by atoms with Crippen LogP contribution in [-0.2, 0) is 15.7 Å². The molecule has 1 heterocycles. The van der Waals surface area contributed by atoms with E-state index in [9.17, 15) is 4.79 Å². The van der Waals surface area contributed by atoms with E-state index in [0.717, 1.165) is 0 Å². The van der Waals surface area contributed by atoms with Crippen molar-refractivity contribution in [1.29, 1.82) is 0 Å². The van der Waals surface area contributed by atoms with Gasteiger partial charge in [-0.05, 0) is 326 Å². The fourth-order valence-electron chi connectivity index (χ4n) is 25.4. The Labute approximate surface area is 385 Å². The minimum absolute atomic E-state index is 0.252. The number of benzene rings is 19. The van der Waals surface area contributed by atoms with Crippen molar-refractivity contribution < 1.29 is 9.53 Å². The van der Waals surface area contributed by atoms with Crippen molar-refractivity contribution in [2.45, 2.75) is 11.0 Å². The number of esters is 1. The Morgan fingerprint density at radius 2 is 0.521 bits per heavy atom. The van der Waals surface area contributed by atoms with Crippen LogP contribution < -0.4 is 5.32 Å². The third-order valence-electron chi connectivity index (χ3n) is 25.5. The minimum atomic E-state index is -0.616. The van der Waals surface area contributed by atoms with Crippen molar-refractivity contribution in [3.8, 4) is 0 Å². The van der Waals surface area contributed by atoms with Crippen LogP contribution in [0.25, 0.3) is 291 Å². The van der Waals surface area contributed by atoms with Gasteiger partial charge >= 0.3 is 5.97 Å². The monoisotopic (exact) mass is 869 g/mol. The minimum Gasteiger partial charge on any atom is -0.465 e. The third kappa shape index (κ3) is 1.36. The number of hydrogen-bond donors (Lipinski definition) is 1. The highest BCUT2D eigenvalue weighted by molar-refractivity contribution is 6.82. The molecule has 1 aliphatic heterocycles. The number of hydrogen-bond acceptors (Lipinski definition) is 3. The van der Waals surface area contributed by atoms with Gasteiger partial charge in [0.25, 0.3) is 0 Å². The van der Waals surface area contributed by atoms with Crippen molar-refractivity contribution in [3.63, 3.8) is 0 Å². The summed E-state index contributed by atoms with van der Waals surface area (Å²) < 4.78 is 5.66. The molecule has 0 fully saturated rings. The summed E-state index contributed by atoms with van der Waals surface area (Å²) in [6.45, 7) is 0. The SMILES string of the molecule is COC(=O)c1ccc2c(c1)C13c4c5c6c7c8c9c(c%10c%11c1c1c4c4c%12c5c5c6c6c8c8c%13c9c9c%10c%10c%11c%11c1c1c4c4c%12c%12c5c5c6c8c6c8c%13c9c9c%10c%10c%11c1c1c4c4c%12c5c6c5c8c9c%10c1c45)C73N2. The Balaban J connectivity index is 1.18. The molecule has 29 aromatic rings. The normalized spacial score (nSPS) is 21.9. The number of anilines is 1. The Bertz CT molecular complexity index is 7330. The maximum absolute atomic E-state index is 14.1. The molecule has 0 saturated carbocycles. The standard InChI is InChI=1S/C68H7NO2/c1-71-66(70)5-2-3-7-6(4-5)67-62-54-46-36-26-18-10-8-9-12-16-14(10)22-30-24(16)34-28-20(12)21-13(9)17-15-11(8)19(18)27-33-23(15)31-25(17)35-29(21)39-38(28)50-44(34)52-42(30)48(40(46)32(22)26)56(62)58(52)64-60(50)61-51(39)45(35)53-43(31)49-41(33)47(37(27)36)55(54)63(67)57(49)59(53)65(61)68(64,67)69-7/h2-4,69H,1H3. The van der Waals surface area contributed by atoms with Crippen LogP contribution in [0.15, 0.2) is 18.2 Å². The van der Waals surface area contributed by atoms with Crippen LogP contribution in [0.3, 0.4) is 0 Å². The molecule has 0 radical (unpaired) electrons. The van der Waals surface area contributed by atoms with E-state index in [1.807, 2.05) is 0 Å². The molecule has 0 bridgehead atoms.